The van der Waals surface area contributed by atoms with Gasteiger partial charge in [0.25, 0.3) is 5.91 Å². The topological polar surface area (TPSA) is 65.0 Å². The Kier molecular flexibility index (Phi) is 3.78. The van der Waals surface area contributed by atoms with E-state index in [-0.39, 0.29) is 17.9 Å². The third kappa shape index (κ3) is 2.51. The smallest absolute Gasteiger partial charge is 0.317 e. The number of rotatable bonds is 2. The van der Waals surface area contributed by atoms with Crippen molar-refractivity contribution in [3.8, 4) is 0 Å². The molecule has 0 radical (unpaired) electrons. The number of fused-ring (bicyclic) bond motifs is 2. The lowest BCUT2D eigenvalue weighted by molar-refractivity contribution is -0.131. The predicted octanol–water partition coefficient (Wildman–Crippen LogP) is 1.87. The third-order valence-corrected chi connectivity index (χ3v) is 6.05. The Bertz CT molecular complexity index is 732. The van der Waals surface area contributed by atoms with Gasteiger partial charge >= 0.3 is 6.03 Å². The summed E-state index contributed by atoms with van der Waals surface area (Å²) in [6.07, 6.45) is 1.77. The first kappa shape index (κ1) is 16.1. The highest BCUT2D eigenvalue weighted by Crippen LogP contribution is 2.49. The molecule has 3 amide bonds. The quantitative estimate of drug-likeness (QED) is 0.893. The molecule has 1 N–H and O–H groups in total. The van der Waals surface area contributed by atoms with Crippen LogP contribution in [0.1, 0.15) is 25.3 Å². The fraction of sp³-hybridized carbons (Fsp3) is 0.526. The lowest BCUT2D eigenvalue weighted by atomic mass is 9.85. The van der Waals surface area contributed by atoms with E-state index >= 15 is 0 Å². The molecular weight excluding hydrogens is 316 g/mol. The van der Waals surface area contributed by atoms with Crippen LogP contribution in [0.25, 0.3) is 0 Å². The summed E-state index contributed by atoms with van der Waals surface area (Å²) >= 11 is 0. The summed E-state index contributed by atoms with van der Waals surface area (Å²) in [5.74, 6) is 1.40. The Morgan fingerprint density at radius 3 is 2.76 bits per heavy atom. The highest BCUT2D eigenvalue weighted by atomic mass is 16.2. The van der Waals surface area contributed by atoms with E-state index in [1.165, 1.54) is 0 Å². The first-order valence-electron chi connectivity index (χ1n) is 8.92. The number of carbonyl (C=O) groups is 2. The van der Waals surface area contributed by atoms with Crippen LogP contribution < -0.4 is 5.32 Å². The lowest BCUT2D eigenvalue weighted by Crippen LogP contribution is -2.46. The second kappa shape index (κ2) is 5.86. The number of urea groups is 1. The van der Waals surface area contributed by atoms with Crippen molar-refractivity contribution in [2.45, 2.75) is 31.8 Å². The SMILES string of the molecule is CC1=N[C@@]2(CC[C@@H]3CN(C(=O)NCc4ccccc4)C[C@@H]32)C(=O)N1C. The highest BCUT2D eigenvalue weighted by molar-refractivity contribution is 6.07. The molecule has 3 atom stereocenters. The van der Waals surface area contributed by atoms with Crippen LogP contribution >= 0.6 is 0 Å². The summed E-state index contributed by atoms with van der Waals surface area (Å²) in [4.78, 5) is 33.6. The van der Waals surface area contributed by atoms with Crippen molar-refractivity contribution in [2.75, 3.05) is 20.1 Å². The van der Waals surface area contributed by atoms with Gasteiger partial charge < -0.3 is 15.1 Å². The molecule has 1 spiro atoms. The Labute approximate surface area is 147 Å². The minimum Gasteiger partial charge on any atom is -0.334 e. The molecule has 6 nitrogen and oxygen atoms in total. The number of hydrogen-bond acceptors (Lipinski definition) is 3. The van der Waals surface area contributed by atoms with Crippen LogP contribution in [0.15, 0.2) is 35.3 Å². The number of amidine groups is 1. The summed E-state index contributed by atoms with van der Waals surface area (Å²) in [7, 11) is 1.79. The number of aliphatic imine (C=N–C) groups is 1. The summed E-state index contributed by atoms with van der Waals surface area (Å²) < 4.78 is 0. The second-order valence-corrected chi connectivity index (χ2v) is 7.40. The van der Waals surface area contributed by atoms with E-state index in [4.69, 9.17) is 4.99 Å². The summed E-state index contributed by atoms with van der Waals surface area (Å²) in [6.45, 7) is 3.75. The molecule has 0 unspecified atom stereocenters. The van der Waals surface area contributed by atoms with Crippen molar-refractivity contribution in [3.05, 3.63) is 35.9 Å². The number of amides is 3. The Hall–Kier alpha value is -2.37. The van der Waals surface area contributed by atoms with E-state index in [1.807, 2.05) is 42.2 Å². The molecule has 6 heteroatoms. The molecule has 2 aliphatic heterocycles. The van der Waals surface area contributed by atoms with Gasteiger partial charge in [0.15, 0.2) is 0 Å². The summed E-state index contributed by atoms with van der Waals surface area (Å²) in [6, 6.07) is 9.84. The zero-order valence-electron chi connectivity index (χ0n) is 14.7. The molecular formula is C19H24N4O2. The largest absolute Gasteiger partial charge is 0.334 e. The number of nitrogens with zero attached hydrogens (tertiary/aromatic N) is 3. The molecule has 25 heavy (non-hydrogen) atoms. The van der Waals surface area contributed by atoms with E-state index in [0.29, 0.717) is 19.0 Å². The second-order valence-electron chi connectivity index (χ2n) is 7.40. The van der Waals surface area contributed by atoms with Crippen molar-refractivity contribution in [1.82, 2.24) is 15.1 Å². The molecule has 132 valence electrons. The molecule has 2 heterocycles. The van der Waals surface area contributed by atoms with Crippen LogP contribution in [0.4, 0.5) is 4.79 Å². The first-order chi connectivity index (χ1) is 12.0. The standard InChI is InChI=1S/C19H24N4O2/c1-13-21-19(17(24)22(13)2)9-8-15-11-23(12-16(15)19)18(25)20-10-14-6-4-3-5-7-14/h3-7,15-16H,8-12H2,1-2H3,(H,20,25)/t15-,16+,19-/m1/s1. The van der Waals surface area contributed by atoms with Gasteiger partial charge in [-0.25, -0.2) is 4.79 Å². The molecule has 0 bridgehead atoms. The van der Waals surface area contributed by atoms with Gasteiger partial charge in [-0.15, -0.1) is 0 Å². The maximum Gasteiger partial charge on any atom is 0.317 e. The minimum absolute atomic E-state index is 0.0482. The van der Waals surface area contributed by atoms with Crippen molar-refractivity contribution in [3.63, 3.8) is 0 Å². The fourth-order valence-corrected chi connectivity index (χ4v) is 4.60. The van der Waals surface area contributed by atoms with Crippen LogP contribution in [-0.4, -0.2) is 53.2 Å². The number of carbonyl (C=O) groups excluding carboxylic acids is 2. The maximum absolute atomic E-state index is 12.8. The van der Waals surface area contributed by atoms with Crippen LogP contribution in [-0.2, 0) is 11.3 Å². The van der Waals surface area contributed by atoms with Crippen LogP contribution in [0, 0.1) is 11.8 Å². The van der Waals surface area contributed by atoms with Crippen molar-refractivity contribution < 1.29 is 9.59 Å². The summed E-state index contributed by atoms with van der Waals surface area (Å²) in [5, 5.41) is 2.99. The zero-order valence-corrected chi connectivity index (χ0v) is 14.7. The molecule has 2 fully saturated rings. The average molecular weight is 340 g/mol. The van der Waals surface area contributed by atoms with Gasteiger partial charge in [-0.2, -0.15) is 0 Å². The van der Waals surface area contributed by atoms with E-state index in [1.54, 1.807) is 11.9 Å². The highest BCUT2D eigenvalue weighted by Gasteiger charge is 2.60. The summed E-state index contributed by atoms with van der Waals surface area (Å²) in [5.41, 5.74) is 0.456. The molecule has 4 rings (SSSR count). The van der Waals surface area contributed by atoms with E-state index in [2.05, 4.69) is 5.32 Å². The Morgan fingerprint density at radius 1 is 1.32 bits per heavy atom. The van der Waals surface area contributed by atoms with Gasteiger partial charge in [-0.05, 0) is 31.2 Å². The molecule has 1 aromatic carbocycles. The maximum atomic E-state index is 12.8. The molecule has 1 saturated carbocycles. The Morgan fingerprint density at radius 2 is 2.08 bits per heavy atom. The molecule has 3 aliphatic rings. The predicted molar refractivity (Wildman–Crippen MR) is 95.1 cm³/mol. The minimum atomic E-state index is -0.627. The van der Waals surface area contributed by atoms with Gasteiger partial charge in [0.05, 0.1) is 0 Å². The van der Waals surface area contributed by atoms with Gasteiger partial charge in [-0.3, -0.25) is 9.79 Å². The average Bonchev–Trinajstić information content (AvgIpc) is 3.25. The monoisotopic (exact) mass is 340 g/mol. The molecule has 0 aromatic heterocycles. The lowest BCUT2D eigenvalue weighted by Gasteiger charge is -2.27. The van der Waals surface area contributed by atoms with Crippen molar-refractivity contribution in [1.29, 1.82) is 0 Å². The molecule has 1 saturated heterocycles. The third-order valence-electron chi connectivity index (χ3n) is 6.05. The number of hydrogen-bond donors (Lipinski definition) is 1. The number of nitrogens with one attached hydrogen (secondary N) is 1. The van der Waals surface area contributed by atoms with Crippen molar-refractivity contribution in [2.24, 2.45) is 16.8 Å². The number of likely N-dealkylation sites (N-methyl/N-ethyl adjacent to an activating group) is 1. The van der Waals surface area contributed by atoms with Gasteiger partial charge in [-0.1, -0.05) is 30.3 Å². The van der Waals surface area contributed by atoms with Crippen LogP contribution in [0.5, 0.6) is 0 Å². The van der Waals surface area contributed by atoms with Gasteiger partial charge in [0, 0.05) is 32.6 Å². The van der Waals surface area contributed by atoms with Gasteiger partial charge in [0.2, 0.25) is 0 Å². The van der Waals surface area contributed by atoms with Crippen LogP contribution in [0.3, 0.4) is 0 Å². The van der Waals surface area contributed by atoms with Crippen LogP contribution in [0.2, 0.25) is 0 Å². The normalized spacial score (nSPS) is 30.8. The molecule has 1 aliphatic carbocycles. The van der Waals surface area contributed by atoms with E-state index < -0.39 is 5.54 Å². The Balaban J connectivity index is 1.43. The van der Waals surface area contributed by atoms with E-state index in [0.717, 1.165) is 30.8 Å². The zero-order chi connectivity index (χ0) is 17.6. The molecule has 1 aromatic rings. The number of benzene rings is 1. The van der Waals surface area contributed by atoms with Crippen molar-refractivity contribution >= 4 is 17.8 Å². The van der Waals surface area contributed by atoms with Gasteiger partial charge in [0.1, 0.15) is 11.4 Å². The number of likely N-dealkylation sites (tertiary alicyclic amines) is 1. The van der Waals surface area contributed by atoms with E-state index in [9.17, 15) is 9.59 Å². The fourth-order valence-electron chi connectivity index (χ4n) is 4.60. The first-order valence-corrected chi connectivity index (χ1v) is 8.92.